The summed E-state index contributed by atoms with van der Waals surface area (Å²) in [6.45, 7) is 11.1. The van der Waals surface area contributed by atoms with Gasteiger partial charge in [0.05, 0.1) is 30.3 Å². The van der Waals surface area contributed by atoms with Crippen LogP contribution in [0, 0.1) is 17.0 Å². The molecule has 9 heteroatoms. The zero-order valence-corrected chi connectivity index (χ0v) is 21.0. The first-order chi connectivity index (χ1) is 15.7. The highest BCUT2D eigenvalue weighted by Gasteiger charge is 2.39. The Morgan fingerprint density at radius 1 is 1.24 bits per heavy atom. The molecule has 0 radical (unpaired) electrons. The molecule has 0 saturated carbocycles. The molecule has 4 rings (SSSR count). The lowest BCUT2D eigenvalue weighted by Gasteiger charge is -2.27. The molecule has 3 heterocycles. The van der Waals surface area contributed by atoms with Crippen molar-refractivity contribution in [2.24, 2.45) is 5.41 Å². The number of hydrogen-bond acceptors (Lipinski definition) is 5. The summed E-state index contributed by atoms with van der Waals surface area (Å²) in [6.07, 6.45) is 0.0632. The summed E-state index contributed by atoms with van der Waals surface area (Å²) in [6, 6.07) is 5.38. The minimum absolute atomic E-state index is 0.0632. The molecule has 1 aliphatic heterocycles. The van der Waals surface area contributed by atoms with Crippen LogP contribution >= 0.6 is 15.9 Å². The second-order valence-corrected chi connectivity index (χ2v) is 9.07. The summed E-state index contributed by atoms with van der Waals surface area (Å²) in [5.41, 5.74) is 1.15. The lowest BCUT2D eigenvalue weighted by atomic mass is 9.87. The van der Waals surface area contributed by atoms with E-state index in [0.717, 1.165) is 12.1 Å². The largest absolute Gasteiger partial charge is 0.461 e. The molecular weight excluding hydrogens is 496 g/mol. The molecule has 1 aromatic carbocycles. The van der Waals surface area contributed by atoms with Gasteiger partial charge in [-0.25, -0.2) is 23.5 Å². The van der Waals surface area contributed by atoms with Crippen LogP contribution in [0.15, 0.2) is 28.7 Å². The fraction of sp³-hybridized carbons (Fsp3) is 0.458. The van der Waals surface area contributed by atoms with Gasteiger partial charge in [0.15, 0.2) is 11.3 Å². The van der Waals surface area contributed by atoms with Crippen molar-refractivity contribution in [1.29, 1.82) is 0 Å². The van der Waals surface area contributed by atoms with Gasteiger partial charge >= 0.3 is 5.97 Å². The van der Waals surface area contributed by atoms with Gasteiger partial charge in [-0.15, -0.1) is 0 Å². The van der Waals surface area contributed by atoms with Crippen LogP contribution in [0.4, 0.5) is 8.78 Å². The van der Waals surface area contributed by atoms with Crippen molar-refractivity contribution < 1.29 is 23.0 Å². The van der Waals surface area contributed by atoms with Crippen molar-refractivity contribution in [3.8, 4) is 0 Å². The third-order valence-electron chi connectivity index (χ3n) is 5.50. The average Bonchev–Trinajstić information content (AvgIpc) is 3.31. The van der Waals surface area contributed by atoms with Crippen molar-refractivity contribution in [1.82, 2.24) is 14.5 Å². The molecule has 1 aliphatic rings. The zero-order valence-electron chi connectivity index (χ0n) is 19.4. The van der Waals surface area contributed by atoms with Crippen LogP contribution in [0.2, 0.25) is 0 Å². The number of hydrogen-bond donors (Lipinski definition) is 0. The van der Waals surface area contributed by atoms with E-state index >= 15 is 0 Å². The van der Waals surface area contributed by atoms with Crippen molar-refractivity contribution in [2.45, 2.75) is 47.1 Å². The molecule has 0 bridgehead atoms. The van der Waals surface area contributed by atoms with Gasteiger partial charge in [0, 0.05) is 11.8 Å². The van der Waals surface area contributed by atoms with Crippen LogP contribution in [-0.2, 0) is 15.9 Å². The number of imidazole rings is 1. The number of ether oxygens (including phenoxy) is 2. The van der Waals surface area contributed by atoms with E-state index in [4.69, 9.17) is 9.47 Å². The number of carbonyl (C=O) groups is 1. The second kappa shape index (κ2) is 10.3. The Morgan fingerprint density at radius 3 is 2.61 bits per heavy atom. The predicted octanol–water partition coefficient (Wildman–Crippen LogP) is 5.86. The first kappa shape index (κ1) is 25.2. The Labute approximate surface area is 200 Å². The number of aromatic nitrogens is 3. The van der Waals surface area contributed by atoms with Gasteiger partial charge < -0.3 is 14.0 Å². The van der Waals surface area contributed by atoms with Crippen molar-refractivity contribution >= 4 is 33.1 Å². The van der Waals surface area contributed by atoms with E-state index in [9.17, 15) is 13.6 Å². The van der Waals surface area contributed by atoms with Gasteiger partial charge in [-0.3, -0.25) is 0 Å². The molecule has 33 heavy (non-hydrogen) atoms. The lowest BCUT2D eigenvalue weighted by molar-refractivity contribution is 0.0520. The summed E-state index contributed by atoms with van der Waals surface area (Å²) >= 11 is 3.01. The van der Waals surface area contributed by atoms with E-state index in [0.29, 0.717) is 30.2 Å². The highest BCUT2D eigenvalue weighted by Crippen LogP contribution is 2.40. The topological polar surface area (TPSA) is 66.2 Å². The highest BCUT2D eigenvalue weighted by molar-refractivity contribution is 9.10. The minimum Gasteiger partial charge on any atom is -0.461 e. The zero-order chi connectivity index (χ0) is 24.3. The number of esters is 1. The summed E-state index contributed by atoms with van der Waals surface area (Å²) in [5, 5.41) is 0. The van der Waals surface area contributed by atoms with E-state index in [2.05, 4.69) is 39.7 Å². The van der Waals surface area contributed by atoms with Crippen LogP contribution in [0.1, 0.15) is 62.5 Å². The number of fused-ring (bicyclic) bond motifs is 1. The minimum atomic E-state index is -0.550. The van der Waals surface area contributed by atoms with E-state index in [1.807, 2.05) is 18.4 Å². The molecule has 1 unspecified atom stereocenters. The number of benzene rings is 1. The predicted molar refractivity (Wildman–Crippen MR) is 125 cm³/mol. The molecule has 2 aromatic heterocycles. The second-order valence-electron chi connectivity index (χ2n) is 8.21. The standard InChI is InChI=1S/C22H22BrF2N3O3.C2H6/c1-4-31-21(29)17-6-5-16-20(27-17)28(18-10-30-11-22(18,2)3)19(26-16)8-12-7-15(25)13(23)9-14(12)24;1-2/h5-7,9,18H,4,8,10-11H2,1-3H3;1-2H3. The first-order valence-electron chi connectivity index (χ1n) is 11.0. The van der Waals surface area contributed by atoms with Crippen LogP contribution in [0.5, 0.6) is 0 Å². The van der Waals surface area contributed by atoms with Gasteiger partial charge in [0.25, 0.3) is 0 Å². The van der Waals surface area contributed by atoms with Crippen LogP contribution in [-0.4, -0.2) is 40.3 Å². The molecule has 0 aliphatic carbocycles. The highest BCUT2D eigenvalue weighted by atomic mass is 79.9. The number of halogens is 3. The molecule has 1 atom stereocenters. The molecule has 3 aromatic rings. The van der Waals surface area contributed by atoms with E-state index in [1.54, 1.807) is 19.1 Å². The SMILES string of the molecule is CC.CCOC(=O)c1ccc2nc(Cc3cc(F)c(Br)cc3F)n(C3COCC3(C)C)c2n1. The molecule has 0 amide bonds. The Morgan fingerprint density at radius 2 is 1.97 bits per heavy atom. The summed E-state index contributed by atoms with van der Waals surface area (Å²) in [7, 11) is 0. The third-order valence-corrected chi connectivity index (χ3v) is 6.10. The normalized spacial score (nSPS) is 17.0. The molecule has 178 valence electrons. The molecule has 0 N–H and O–H groups in total. The first-order valence-corrected chi connectivity index (χ1v) is 11.8. The van der Waals surface area contributed by atoms with E-state index in [1.165, 1.54) is 0 Å². The Hall–Kier alpha value is -2.39. The van der Waals surface area contributed by atoms with Crippen LogP contribution in [0.25, 0.3) is 11.2 Å². The molecular formula is C24H28BrF2N3O3. The average molecular weight is 524 g/mol. The molecule has 1 saturated heterocycles. The van der Waals surface area contributed by atoms with E-state index < -0.39 is 17.6 Å². The number of carbonyl (C=O) groups excluding carboxylic acids is 1. The Bertz CT molecular complexity index is 1160. The van der Waals surface area contributed by atoms with Gasteiger partial charge in [-0.1, -0.05) is 27.7 Å². The van der Waals surface area contributed by atoms with Crippen molar-refractivity contribution in [2.75, 3.05) is 19.8 Å². The van der Waals surface area contributed by atoms with Gasteiger partial charge in [-0.2, -0.15) is 0 Å². The maximum absolute atomic E-state index is 14.6. The smallest absolute Gasteiger partial charge is 0.357 e. The Balaban J connectivity index is 0.00000149. The maximum Gasteiger partial charge on any atom is 0.357 e. The van der Waals surface area contributed by atoms with Gasteiger partial charge in [0.2, 0.25) is 0 Å². The molecule has 0 spiro atoms. The van der Waals surface area contributed by atoms with Crippen molar-refractivity contribution in [3.63, 3.8) is 0 Å². The number of nitrogens with zero attached hydrogens (tertiary/aromatic N) is 3. The fourth-order valence-electron chi connectivity index (χ4n) is 3.84. The van der Waals surface area contributed by atoms with Crippen LogP contribution < -0.4 is 0 Å². The van der Waals surface area contributed by atoms with Crippen LogP contribution in [0.3, 0.4) is 0 Å². The van der Waals surface area contributed by atoms with Crippen molar-refractivity contribution in [3.05, 3.63) is 57.5 Å². The summed E-state index contributed by atoms with van der Waals surface area (Å²) in [4.78, 5) is 21.4. The fourth-order valence-corrected chi connectivity index (χ4v) is 4.16. The summed E-state index contributed by atoms with van der Waals surface area (Å²) < 4.78 is 41.4. The summed E-state index contributed by atoms with van der Waals surface area (Å²) in [5.74, 6) is -1.09. The van der Waals surface area contributed by atoms with Gasteiger partial charge in [0.1, 0.15) is 23.0 Å². The number of rotatable bonds is 5. The Kier molecular flexibility index (Phi) is 7.84. The lowest BCUT2D eigenvalue weighted by Crippen LogP contribution is -2.27. The monoisotopic (exact) mass is 523 g/mol. The molecule has 6 nitrogen and oxygen atoms in total. The third kappa shape index (κ3) is 5.09. The molecule has 1 fully saturated rings. The maximum atomic E-state index is 14.6. The van der Waals surface area contributed by atoms with Gasteiger partial charge in [-0.05, 0) is 52.7 Å². The quantitative estimate of drug-likeness (QED) is 0.309. The number of pyridine rings is 1. The van der Waals surface area contributed by atoms with E-state index in [-0.39, 0.29) is 40.2 Å².